The third-order valence-electron chi connectivity index (χ3n) is 7.17. The van der Waals surface area contributed by atoms with Gasteiger partial charge in [-0.25, -0.2) is 14.4 Å². The number of carbonyl (C=O) groups excluding carboxylic acids is 1. The molecule has 1 saturated heterocycles. The molecule has 0 unspecified atom stereocenters. The second kappa shape index (κ2) is 11.0. The molecule has 37 heavy (non-hydrogen) atoms. The maximum absolute atomic E-state index is 13.4. The molecule has 5 rings (SSSR count). The molecule has 0 spiro atoms. The quantitative estimate of drug-likeness (QED) is 0.390. The average Bonchev–Trinajstić information content (AvgIpc) is 3.43. The van der Waals surface area contributed by atoms with Gasteiger partial charge in [-0.15, -0.1) is 0 Å². The van der Waals surface area contributed by atoms with E-state index in [1.54, 1.807) is 24.7 Å². The zero-order valence-electron chi connectivity index (χ0n) is 21.3. The maximum Gasteiger partial charge on any atom is 0.223 e. The molecule has 9 heteroatoms. The fourth-order valence-corrected chi connectivity index (χ4v) is 4.92. The van der Waals surface area contributed by atoms with Gasteiger partial charge < -0.3 is 14.7 Å². The first kappa shape index (κ1) is 24.8. The average molecular weight is 502 g/mol. The minimum absolute atomic E-state index is 0.217. The van der Waals surface area contributed by atoms with Crippen LogP contribution >= 0.6 is 0 Å². The Morgan fingerprint density at radius 3 is 2.46 bits per heavy atom. The Morgan fingerprint density at radius 1 is 1.00 bits per heavy atom. The van der Waals surface area contributed by atoms with Gasteiger partial charge in [-0.1, -0.05) is 19.9 Å². The van der Waals surface area contributed by atoms with Crippen molar-refractivity contribution in [3.8, 4) is 22.4 Å². The van der Waals surface area contributed by atoms with Crippen molar-refractivity contribution in [3.63, 3.8) is 0 Å². The van der Waals surface area contributed by atoms with E-state index in [2.05, 4.69) is 49.9 Å². The number of rotatable bonds is 8. The Labute approximate surface area is 216 Å². The first-order valence-electron chi connectivity index (χ1n) is 12.9. The molecule has 0 saturated carbocycles. The molecule has 0 radical (unpaired) electrons. The van der Waals surface area contributed by atoms with E-state index in [4.69, 9.17) is 0 Å². The van der Waals surface area contributed by atoms with E-state index in [-0.39, 0.29) is 11.7 Å². The van der Waals surface area contributed by atoms with Crippen molar-refractivity contribution < 1.29 is 9.18 Å². The number of hydrogen-bond donors (Lipinski definition) is 1. The number of fused-ring (bicyclic) bond motifs is 1. The van der Waals surface area contributed by atoms with Gasteiger partial charge in [-0.05, 0) is 55.1 Å². The van der Waals surface area contributed by atoms with Gasteiger partial charge >= 0.3 is 0 Å². The molecular weight excluding hydrogens is 469 g/mol. The monoisotopic (exact) mass is 501 g/mol. The Kier molecular flexibility index (Phi) is 7.41. The lowest BCUT2D eigenvalue weighted by molar-refractivity contribution is -0.131. The van der Waals surface area contributed by atoms with Crippen molar-refractivity contribution in [2.75, 3.05) is 50.7 Å². The molecule has 0 aliphatic carbocycles. The number of aromatic amines is 1. The number of nitrogens with one attached hydrogen (secondary N) is 1. The Bertz CT molecular complexity index is 1360. The van der Waals surface area contributed by atoms with Gasteiger partial charge in [-0.2, -0.15) is 5.10 Å². The van der Waals surface area contributed by atoms with Crippen molar-refractivity contribution in [2.24, 2.45) is 0 Å². The van der Waals surface area contributed by atoms with E-state index in [0.29, 0.717) is 19.5 Å². The molecule has 1 N–H and O–H groups in total. The standard InChI is InChI=1S/C28H32FN7O/c1-3-34(4-2)12-11-26(37)35-13-15-36(16-14-35)28-23-17-21(7-10-25(23)30-19-31-28)24-18-32-33-27(24)20-5-8-22(29)9-6-20/h5-10,17-19H,3-4,11-16H2,1-2H3,(H,32,33). The molecule has 2 aromatic carbocycles. The molecule has 8 nitrogen and oxygen atoms in total. The van der Waals surface area contributed by atoms with Crippen LogP contribution in [0.3, 0.4) is 0 Å². The summed E-state index contributed by atoms with van der Waals surface area (Å²) >= 11 is 0. The highest BCUT2D eigenvalue weighted by Gasteiger charge is 2.23. The van der Waals surface area contributed by atoms with E-state index in [1.165, 1.54) is 12.1 Å². The first-order chi connectivity index (χ1) is 18.1. The predicted octanol–water partition coefficient (Wildman–Crippen LogP) is 4.21. The number of anilines is 1. The number of piperazine rings is 1. The molecule has 1 aliphatic heterocycles. The van der Waals surface area contributed by atoms with Crippen molar-refractivity contribution >= 4 is 22.6 Å². The van der Waals surface area contributed by atoms with Gasteiger partial charge in [0.2, 0.25) is 5.91 Å². The first-order valence-corrected chi connectivity index (χ1v) is 12.9. The molecule has 1 aliphatic rings. The molecule has 0 atom stereocenters. The predicted molar refractivity (Wildman–Crippen MR) is 144 cm³/mol. The zero-order valence-corrected chi connectivity index (χ0v) is 21.3. The van der Waals surface area contributed by atoms with E-state index in [0.717, 1.165) is 71.8 Å². The van der Waals surface area contributed by atoms with Crippen LogP contribution in [0.4, 0.5) is 10.2 Å². The summed E-state index contributed by atoms with van der Waals surface area (Å²) in [5.41, 5.74) is 4.45. The molecule has 2 aromatic heterocycles. The fraction of sp³-hybridized carbons (Fsp3) is 0.357. The number of H-pyrrole nitrogens is 1. The minimum atomic E-state index is -0.275. The van der Waals surface area contributed by atoms with Crippen LogP contribution in [0.1, 0.15) is 20.3 Å². The van der Waals surface area contributed by atoms with Crippen molar-refractivity contribution in [1.29, 1.82) is 0 Å². The van der Waals surface area contributed by atoms with Gasteiger partial charge in [0.25, 0.3) is 0 Å². The number of carbonyl (C=O) groups is 1. The maximum atomic E-state index is 13.4. The van der Waals surface area contributed by atoms with Crippen LogP contribution in [0.25, 0.3) is 33.3 Å². The highest BCUT2D eigenvalue weighted by molar-refractivity contribution is 5.94. The van der Waals surface area contributed by atoms with Crippen LogP contribution in [0, 0.1) is 5.82 Å². The summed E-state index contributed by atoms with van der Waals surface area (Å²) in [6, 6.07) is 12.5. The van der Waals surface area contributed by atoms with Gasteiger partial charge in [0.15, 0.2) is 0 Å². The van der Waals surface area contributed by atoms with Crippen LogP contribution in [-0.2, 0) is 4.79 Å². The summed E-state index contributed by atoms with van der Waals surface area (Å²) in [6.45, 7) is 9.78. The van der Waals surface area contributed by atoms with Crippen LogP contribution in [-0.4, -0.2) is 81.7 Å². The zero-order chi connectivity index (χ0) is 25.8. The van der Waals surface area contributed by atoms with E-state index >= 15 is 0 Å². The molecule has 1 fully saturated rings. The third-order valence-corrected chi connectivity index (χ3v) is 7.17. The lowest BCUT2D eigenvalue weighted by Crippen LogP contribution is -2.49. The van der Waals surface area contributed by atoms with Crippen LogP contribution in [0.15, 0.2) is 55.0 Å². The Hall–Kier alpha value is -3.85. The molecule has 3 heterocycles. The second-order valence-electron chi connectivity index (χ2n) is 9.24. The summed E-state index contributed by atoms with van der Waals surface area (Å²) in [4.78, 5) is 28.4. The number of amides is 1. The second-order valence-corrected chi connectivity index (χ2v) is 9.24. The number of aromatic nitrogens is 4. The normalized spacial score (nSPS) is 14.1. The molecule has 192 valence electrons. The lowest BCUT2D eigenvalue weighted by Gasteiger charge is -2.36. The van der Waals surface area contributed by atoms with Crippen LogP contribution in [0.2, 0.25) is 0 Å². The van der Waals surface area contributed by atoms with Crippen molar-refractivity contribution in [2.45, 2.75) is 20.3 Å². The van der Waals surface area contributed by atoms with Gasteiger partial charge in [0.05, 0.1) is 17.4 Å². The molecule has 0 bridgehead atoms. The molecular formula is C28H32FN7O. The summed E-state index contributed by atoms with van der Waals surface area (Å²) in [5.74, 6) is 0.812. The largest absolute Gasteiger partial charge is 0.352 e. The molecule has 1 amide bonds. The highest BCUT2D eigenvalue weighted by atomic mass is 19.1. The van der Waals surface area contributed by atoms with E-state index in [9.17, 15) is 9.18 Å². The van der Waals surface area contributed by atoms with Gasteiger partial charge in [0, 0.05) is 55.7 Å². The summed E-state index contributed by atoms with van der Waals surface area (Å²) in [5, 5.41) is 8.25. The van der Waals surface area contributed by atoms with Crippen molar-refractivity contribution in [3.05, 3.63) is 60.8 Å². The van der Waals surface area contributed by atoms with Gasteiger partial charge in [-0.3, -0.25) is 9.89 Å². The Balaban J connectivity index is 1.35. The van der Waals surface area contributed by atoms with Crippen LogP contribution in [0.5, 0.6) is 0 Å². The fourth-order valence-electron chi connectivity index (χ4n) is 4.92. The van der Waals surface area contributed by atoms with E-state index < -0.39 is 0 Å². The number of benzene rings is 2. The van der Waals surface area contributed by atoms with Crippen molar-refractivity contribution in [1.82, 2.24) is 30.0 Å². The van der Waals surface area contributed by atoms with Crippen LogP contribution < -0.4 is 4.90 Å². The molecule has 4 aromatic rings. The third kappa shape index (κ3) is 5.32. The topological polar surface area (TPSA) is 81.2 Å². The number of hydrogen-bond acceptors (Lipinski definition) is 6. The summed E-state index contributed by atoms with van der Waals surface area (Å²) in [7, 11) is 0. The Morgan fingerprint density at radius 2 is 1.73 bits per heavy atom. The minimum Gasteiger partial charge on any atom is -0.352 e. The summed E-state index contributed by atoms with van der Waals surface area (Å²) < 4.78 is 13.4. The number of halogens is 1. The summed E-state index contributed by atoms with van der Waals surface area (Å²) in [6.07, 6.45) is 3.94. The SMILES string of the molecule is CCN(CC)CCC(=O)N1CCN(c2ncnc3ccc(-c4cn[nH]c4-c4ccc(F)cc4)cc23)CC1. The van der Waals surface area contributed by atoms with E-state index in [1.807, 2.05) is 17.0 Å². The number of nitrogens with zero attached hydrogens (tertiary/aromatic N) is 6. The smallest absolute Gasteiger partial charge is 0.223 e. The highest BCUT2D eigenvalue weighted by Crippen LogP contribution is 2.34. The van der Waals surface area contributed by atoms with Gasteiger partial charge in [0.1, 0.15) is 18.0 Å². The lowest BCUT2D eigenvalue weighted by atomic mass is 10.00.